The molecule has 0 aliphatic rings. The van der Waals surface area contributed by atoms with Gasteiger partial charge >= 0.3 is 0 Å². The monoisotopic (exact) mass is 340 g/mol. The number of hydrogen-bond acceptors (Lipinski definition) is 7. The van der Waals surface area contributed by atoms with Crippen LogP contribution in [0.25, 0.3) is 11.3 Å². The van der Waals surface area contributed by atoms with Crippen LogP contribution < -0.4 is 5.43 Å². The molecule has 2 aromatic carbocycles. The van der Waals surface area contributed by atoms with E-state index in [0.717, 1.165) is 11.1 Å². The Morgan fingerprint density at radius 2 is 2.04 bits per heavy atom. The van der Waals surface area contributed by atoms with E-state index < -0.39 is 4.92 Å². The Morgan fingerprint density at radius 3 is 2.75 bits per heavy atom. The van der Waals surface area contributed by atoms with Gasteiger partial charge in [-0.15, -0.1) is 11.3 Å². The molecule has 0 radical (unpaired) electrons. The molecule has 2 N–H and O–H groups in total. The Bertz CT molecular complexity index is 890. The Balaban J connectivity index is 1.68. The first-order valence-corrected chi connectivity index (χ1v) is 7.78. The molecule has 3 rings (SSSR count). The highest BCUT2D eigenvalue weighted by molar-refractivity contribution is 7.14. The third-order valence-corrected chi connectivity index (χ3v) is 3.87. The van der Waals surface area contributed by atoms with E-state index in [1.807, 2.05) is 11.4 Å². The van der Waals surface area contributed by atoms with Gasteiger partial charge in [0.1, 0.15) is 5.75 Å². The molecule has 120 valence electrons. The van der Waals surface area contributed by atoms with Crippen molar-refractivity contribution in [2.45, 2.75) is 0 Å². The maximum atomic E-state index is 10.7. The van der Waals surface area contributed by atoms with E-state index in [1.165, 1.54) is 23.5 Å². The number of non-ortho nitro benzene ring substituents is 1. The van der Waals surface area contributed by atoms with Crippen molar-refractivity contribution in [1.29, 1.82) is 0 Å². The summed E-state index contributed by atoms with van der Waals surface area (Å²) in [5.41, 5.74) is 5.13. The fourth-order valence-corrected chi connectivity index (χ4v) is 2.65. The fraction of sp³-hybridized carbons (Fsp3) is 0. The first-order valence-electron chi connectivity index (χ1n) is 6.90. The summed E-state index contributed by atoms with van der Waals surface area (Å²) in [4.78, 5) is 14.6. The molecular weight excluding hydrogens is 328 g/mol. The second-order valence-corrected chi connectivity index (χ2v) is 5.66. The topological polar surface area (TPSA) is 101 Å². The SMILES string of the molecule is O=[N+]([O-])c1ccc(-c2csc(NN=Cc3cccc(O)c3)n2)cc1. The van der Waals surface area contributed by atoms with Crippen molar-refractivity contribution >= 4 is 28.4 Å². The number of nitrogens with zero attached hydrogens (tertiary/aromatic N) is 3. The van der Waals surface area contributed by atoms with Crippen LogP contribution in [0.2, 0.25) is 0 Å². The summed E-state index contributed by atoms with van der Waals surface area (Å²) in [5.74, 6) is 0.175. The van der Waals surface area contributed by atoms with Crippen LogP contribution in [0.4, 0.5) is 10.8 Å². The molecule has 0 amide bonds. The standard InChI is InChI=1S/C16H12N4O3S/c21-14-3-1-2-11(8-14)9-17-19-16-18-15(10-24-16)12-4-6-13(7-5-12)20(22)23/h1-10,21H,(H,18,19). The predicted molar refractivity (Wildman–Crippen MR) is 93.5 cm³/mol. The third-order valence-electron chi connectivity index (χ3n) is 3.12. The van der Waals surface area contributed by atoms with E-state index in [2.05, 4.69) is 15.5 Å². The van der Waals surface area contributed by atoms with Crippen LogP contribution in [0.3, 0.4) is 0 Å². The molecule has 1 aromatic heterocycles. The summed E-state index contributed by atoms with van der Waals surface area (Å²) in [7, 11) is 0. The number of thiazole rings is 1. The minimum Gasteiger partial charge on any atom is -0.508 e. The summed E-state index contributed by atoms with van der Waals surface area (Å²) < 4.78 is 0. The number of nitro benzene ring substituents is 1. The number of nitrogens with one attached hydrogen (secondary N) is 1. The molecule has 7 nitrogen and oxygen atoms in total. The zero-order chi connectivity index (χ0) is 16.9. The maximum Gasteiger partial charge on any atom is 0.269 e. The predicted octanol–water partition coefficient (Wildman–Crippen LogP) is 3.87. The summed E-state index contributed by atoms with van der Waals surface area (Å²) in [5, 5.41) is 26.5. The van der Waals surface area contributed by atoms with E-state index in [0.29, 0.717) is 10.8 Å². The molecule has 0 saturated heterocycles. The Labute approximate surface area is 141 Å². The van der Waals surface area contributed by atoms with Crippen molar-refractivity contribution in [3.05, 3.63) is 69.6 Å². The lowest BCUT2D eigenvalue weighted by atomic mass is 10.1. The number of aromatic hydroxyl groups is 1. The molecule has 0 aliphatic heterocycles. The number of nitro groups is 1. The van der Waals surface area contributed by atoms with E-state index in [9.17, 15) is 15.2 Å². The number of aromatic nitrogens is 1. The van der Waals surface area contributed by atoms with Gasteiger partial charge in [-0.1, -0.05) is 12.1 Å². The highest BCUT2D eigenvalue weighted by atomic mass is 32.1. The second kappa shape index (κ2) is 6.88. The maximum absolute atomic E-state index is 10.7. The van der Waals surface area contributed by atoms with Crippen LogP contribution >= 0.6 is 11.3 Å². The molecule has 0 unspecified atom stereocenters. The molecular formula is C16H12N4O3S. The van der Waals surface area contributed by atoms with Crippen molar-refractivity contribution in [2.24, 2.45) is 5.10 Å². The van der Waals surface area contributed by atoms with Gasteiger partial charge in [-0.3, -0.25) is 15.5 Å². The molecule has 0 bridgehead atoms. The van der Waals surface area contributed by atoms with Gasteiger partial charge in [-0.25, -0.2) is 4.98 Å². The summed E-state index contributed by atoms with van der Waals surface area (Å²) in [6.45, 7) is 0. The van der Waals surface area contributed by atoms with Gasteiger partial charge in [0.15, 0.2) is 0 Å². The number of benzene rings is 2. The first kappa shape index (κ1) is 15.6. The molecule has 24 heavy (non-hydrogen) atoms. The number of hydrogen-bond donors (Lipinski definition) is 2. The average molecular weight is 340 g/mol. The molecule has 0 fully saturated rings. The van der Waals surface area contributed by atoms with Crippen molar-refractivity contribution < 1.29 is 10.0 Å². The number of hydrazone groups is 1. The van der Waals surface area contributed by atoms with Gasteiger partial charge in [0.05, 0.1) is 16.8 Å². The van der Waals surface area contributed by atoms with Crippen molar-refractivity contribution in [2.75, 3.05) is 5.43 Å². The normalized spacial score (nSPS) is 10.8. The molecule has 1 heterocycles. The molecule has 0 aliphatic carbocycles. The fourth-order valence-electron chi connectivity index (χ4n) is 1.98. The van der Waals surface area contributed by atoms with Crippen LogP contribution in [-0.4, -0.2) is 21.2 Å². The van der Waals surface area contributed by atoms with Gasteiger partial charge in [0, 0.05) is 23.1 Å². The highest BCUT2D eigenvalue weighted by Crippen LogP contribution is 2.26. The second-order valence-electron chi connectivity index (χ2n) is 4.81. The van der Waals surface area contributed by atoms with Gasteiger partial charge < -0.3 is 5.11 Å². The average Bonchev–Trinajstić information content (AvgIpc) is 3.04. The molecule has 0 saturated carbocycles. The summed E-state index contributed by atoms with van der Waals surface area (Å²) >= 11 is 1.37. The third kappa shape index (κ3) is 3.73. The molecule has 0 atom stereocenters. The lowest BCUT2D eigenvalue weighted by Crippen LogP contribution is -1.90. The van der Waals surface area contributed by atoms with Crippen molar-refractivity contribution in [1.82, 2.24) is 4.98 Å². The van der Waals surface area contributed by atoms with Gasteiger partial charge in [0.25, 0.3) is 5.69 Å². The van der Waals surface area contributed by atoms with Crippen LogP contribution in [0, 0.1) is 10.1 Å². The van der Waals surface area contributed by atoms with Crippen LogP contribution in [0.15, 0.2) is 59.0 Å². The van der Waals surface area contributed by atoms with Crippen LogP contribution in [0.5, 0.6) is 5.75 Å². The highest BCUT2D eigenvalue weighted by Gasteiger charge is 2.07. The van der Waals surface area contributed by atoms with Gasteiger partial charge in [0.2, 0.25) is 5.13 Å². The summed E-state index contributed by atoms with van der Waals surface area (Å²) in [6.07, 6.45) is 1.58. The van der Waals surface area contributed by atoms with E-state index in [4.69, 9.17) is 0 Å². The Hall–Kier alpha value is -3.26. The first-order chi connectivity index (χ1) is 11.6. The Morgan fingerprint density at radius 1 is 1.25 bits per heavy atom. The van der Waals surface area contributed by atoms with E-state index >= 15 is 0 Å². The Kier molecular flexibility index (Phi) is 4.48. The van der Waals surface area contributed by atoms with Crippen LogP contribution in [0.1, 0.15) is 5.56 Å². The number of rotatable bonds is 5. The van der Waals surface area contributed by atoms with Crippen molar-refractivity contribution in [3.8, 4) is 17.0 Å². The molecule has 3 aromatic rings. The van der Waals surface area contributed by atoms with E-state index in [-0.39, 0.29) is 11.4 Å². The molecule has 0 spiro atoms. The van der Waals surface area contributed by atoms with Crippen molar-refractivity contribution in [3.63, 3.8) is 0 Å². The number of phenols is 1. The number of anilines is 1. The molecule has 8 heteroatoms. The van der Waals surface area contributed by atoms with Crippen LogP contribution in [-0.2, 0) is 0 Å². The minimum atomic E-state index is -0.437. The zero-order valence-electron chi connectivity index (χ0n) is 12.3. The summed E-state index contributed by atoms with van der Waals surface area (Å²) in [6, 6.07) is 12.9. The smallest absolute Gasteiger partial charge is 0.269 e. The van der Waals surface area contributed by atoms with Gasteiger partial charge in [-0.05, 0) is 29.8 Å². The lowest BCUT2D eigenvalue weighted by molar-refractivity contribution is -0.384. The van der Waals surface area contributed by atoms with E-state index in [1.54, 1.807) is 36.5 Å². The largest absolute Gasteiger partial charge is 0.508 e. The quantitative estimate of drug-likeness (QED) is 0.417. The lowest BCUT2D eigenvalue weighted by Gasteiger charge is -1.97. The zero-order valence-corrected chi connectivity index (χ0v) is 13.1. The minimum absolute atomic E-state index is 0.0445. The number of phenolic OH excluding ortho intramolecular Hbond substituents is 1. The van der Waals surface area contributed by atoms with Gasteiger partial charge in [-0.2, -0.15) is 5.10 Å².